The van der Waals surface area contributed by atoms with Crippen molar-refractivity contribution < 1.29 is 9.53 Å². The van der Waals surface area contributed by atoms with Crippen molar-refractivity contribution in [3.8, 4) is 11.1 Å². The molecule has 128 valence electrons. The minimum atomic E-state index is -0.508. The predicted molar refractivity (Wildman–Crippen MR) is 106 cm³/mol. The van der Waals surface area contributed by atoms with Crippen LogP contribution in [0.5, 0.6) is 0 Å². The van der Waals surface area contributed by atoms with Crippen LogP contribution in [0.25, 0.3) is 11.1 Å². The van der Waals surface area contributed by atoms with Gasteiger partial charge in [-0.15, -0.1) is 0 Å². The van der Waals surface area contributed by atoms with Crippen LogP contribution in [0.3, 0.4) is 0 Å². The van der Waals surface area contributed by atoms with E-state index >= 15 is 0 Å². The van der Waals surface area contributed by atoms with E-state index in [1.54, 1.807) is 17.9 Å². The Kier molecular flexibility index (Phi) is 5.37. The number of rotatable bonds is 4. The SMILES string of the molecule is C[C@@H](OC(=O)Nc1c(-c2ccc(I)cc2)cnn1C)c1ccccc1. The molecule has 0 bridgehead atoms. The molecule has 0 radical (unpaired) electrons. The van der Waals surface area contributed by atoms with E-state index in [1.165, 1.54) is 0 Å². The van der Waals surface area contributed by atoms with Gasteiger partial charge in [0.2, 0.25) is 0 Å². The summed E-state index contributed by atoms with van der Waals surface area (Å²) in [5, 5.41) is 7.06. The van der Waals surface area contributed by atoms with Crippen molar-refractivity contribution in [2.24, 2.45) is 7.05 Å². The highest BCUT2D eigenvalue weighted by Gasteiger charge is 2.17. The summed E-state index contributed by atoms with van der Waals surface area (Å²) in [7, 11) is 1.78. The van der Waals surface area contributed by atoms with Gasteiger partial charge in [0.25, 0.3) is 0 Å². The number of nitrogens with one attached hydrogen (secondary N) is 1. The summed E-state index contributed by atoms with van der Waals surface area (Å²) in [6, 6.07) is 17.7. The van der Waals surface area contributed by atoms with Gasteiger partial charge in [-0.2, -0.15) is 5.10 Å². The molecule has 0 aliphatic heterocycles. The van der Waals surface area contributed by atoms with Crippen LogP contribution in [-0.4, -0.2) is 15.9 Å². The fourth-order valence-electron chi connectivity index (χ4n) is 2.51. The average molecular weight is 447 g/mol. The summed E-state index contributed by atoms with van der Waals surface area (Å²) in [4.78, 5) is 12.3. The molecule has 0 unspecified atom stereocenters. The molecule has 0 spiro atoms. The number of benzene rings is 2. The standard InChI is InChI=1S/C19H18IN3O2/c1-13(14-6-4-3-5-7-14)25-19(24)22-18-17(12-21-23(18)2)15-8-10-16(20)11-9-15/h3-13H,1-2H3,(H,22,24)/t13-/m1/s1. The van der Waals surface area contributed by atoms with Gasteiger partial charge in [0.1, 0.15) is 11.9 Å². The van der Waals surface area contributed by atoms with Crippen LogP contribution in [0.4, 0.5) is 10.6 Å². The van der Waals surface area contributed by atoms with E-state index in [4.69, 9.17) is 4.74 Å². The van der Waals surface area contributed by atoms with E-state index < -0.39 is 6.09 Å². The summed E-state index contributed by atoms with van der Waals surface area (Å²) in [5.74, 6) is 0.603. The molecule has 0 aliphatic carbocycles. The molecule has 1 aromatic heterocycles. The minimum Gasteiger partial charge on any atom is -0.441 e. The van der Waals surface area contributed by atoms with E-state index in [0.29, 0.717) is 5.82 Å². The monoisotopic (exact) mass is 447 g/mol. The van der Waals surface area contributed by atoms with E-state index in [1.807, 2.05) is 61.5 Å². The minimum absolute atomic E-state index is 0.337. The van der Waals surface area contributed by atoms with Crippen LogP contribution in [0, 0.1) is 3.57 Å². The smallest absolute Gasteiger partial charge is 0.413 e. The van der Waals surface area contributed by atoms with Crippen LogP contribution in [-0.2, 0) is 11.8 Å². The topological polar surface area (TPSA) is 56.1 Å². The highest BCUT2D eigenvalue weighted by Crippen LogP contribution is 2.28. The van der Waals surface area contributed by atoms with Crippen LogP contribution >= 0.6 is 22.6 Å². The second-order valence-corrected chi connectivity index (χ2v) is 6.87. The summed E-state index contributed by atoms with van der Waals surface area (Å²) >= 11 is 2.26. The van der Waals surface area contributed by atoms with Gasteiger partial charge in [-0.3, -0.25) is 10.00 Å². The molecule has 3 aromatic rings. The van der Waals surface area contributed by atoms with Crippen molar-refractivity contribution in [3.63, 3.8) is 0 Å². The zero-order valence-corrected chi connectivity index (χ0v) is 16.1. The first kappa shape index (κ1) is 17.5. The first-order chi connectivity index (χ1) is 12.0. The summed E-state index contributed by atoms with van der Waals surface area (Å²) < 4.78 is 8.26. The summed E-state index contributed by atoms with van der Waals surface area (Å²) in [6.07, 6.45) is 0.890. The van der Waals surface area contributed by atoms with Gasteiger partial charge in [0.15, 0.2) is 0 Å². The van der Waals surface area contributed by atoms with Crippen LogP contribution in [0.2, 0.25) is 0 Å². The number of ether oxygens (including phenoxy) is 1. The Bertz CT molecular complexity index is 860. The van der Waals surface area contributed by atoms with Gasteiger partial charge >= 0.3 is 6.09 Å². The van der Waals surface area contributed by atoms with Gasteiger partial charge < -0.3 is 4.74 Å². The number of amides is 1. The third kappa shape index (κ3) is 4.19. The first-order valence-corrected chi connectivity index (χ1v) is 8.93. The normalized spacial score (nSPS) is 11.8. The van der Waals surface area contributed by atoms with Gasteiger partial charge in [-0.1, -0.05) is 42.5 Å². The zero-order chi connectivity index (χ0) is 17.8. The Morgan fingerprint density at radius 2 is 1.84 bits per heavy atom. The van der Waals surface area contributed by atoms with E-state index in [2.05, 4.69) is 33.0 Å². The predicted octanol–water partition coefficient (Wildman–Crippen LogP) is 5.00. The molecule has 0 fully saturated rings. The Morgan fingerprint density at radius 1 is 1.16 bits per heavy atom. The maximum atomic E-state index is 12.3. The maximum Gasteiger partial charge on any atom is 0.413 e. The molecule has 1 atom stereocenters. The Hall–Kier alpha value is -2.35. The molecule has 25 heavy (non-hydrogen) atoms. The lowest BCUT2D eigenvalue weighted by atomic mass is 10.1. The molecule has 1 amide bonds. The quantitative estimate of drug-likeness (QED) is 0.573. The maximum absolute atomic E-state index is 12.3. The molecule has 1 N–H and O–H groups in total. The number of halogens is 1. The molecular formula is C19H18IN3O2. The third-order valence-electron chi connectivity index (χ3n) is 3.87. The third-order valence-corrected chi connectivity index (χ3v) is 4.59. The Balaban J connectivity index is 1.75. The molecular weight excluding hydrogens is 429 g/mol. The largest absolute Gasteiger partial charge is 0.441 e. The highest BCUT2D eigenvalue weighted by molar-refractivity contribution is 14.1. The second kappa shape index (κ2) is 7.69. The van der Waals surface area contributed by atoms with E-state index in [9.17, 15) is 4.79 Å². The number of hydrogen-bond donors (Lipinski definition) is 1. The first-order valence-electron chi connectivity index (χ1n) is 7.85. The lowest BCUT2D eigenvalue weighted by Crippen LogP contribution is -2.18. The van der Waals surface area contributed by atoms with Crippen molar-refractivity contribution in [2.75, 3.05) is 5.32 Å². The van der Waals surface area contributed by atoms with Crippen LogP contribution in [0.15, 0.2) is 60.8 Å². The highest BCUT2D eigenvalue weighted by atomic mass is 127. The molecule has 0 aliphatic rings. The number of anilines is 1. The second-order valence-electron chi connectivity index (χ2n) is 5.62. The molecule has 6 heteroatoms. The average Bonchev–Trinajstić information content (AvgIpc) is 2.97. The number of nitrogens with zero attached hydrogens (tertiary/aromatic N) is 2. The van der Waals surface area contributed by atoms with Crippen molar-refractivity contribution in [1.82, 2.24) is 9.78 Å². The van der Waals surface area contributed by atoms with Crippen molar-refractivity contribution in [3.05, 3.63) is 69.9 Å². The van der Waals surface area contributed by atoms with E-state index in [0.717, 1.165) is 20.3 Å². The number of carbonyl (C=O) groups is 1. The Morgan fingerprint density at radius 3 is 2.52 bits per heavy atom. The number of aromatic nitrogens is 2. The molecule has 5 nitrogen and oxygen atoms in total. The Labute approximate surface area is 160 Å². The van der Waals surface area contributed by atoms with Gasteiger partial charge in [0.05, 0.1) is 6.20 Å². The van der Waals surface area contributed by atoms with Crippen molar-refractivity contribution in [2.45, 2.75) is 13.0 Å². The number of aryl methyl sites for hydroxylation is 1. The van der Waals surface area contributed by atoms with Gasteiger partial charge in [0, 0.05) is 16.2 Å². The molecule has 0 saturated carbocycles. The molecule has 0 saturated heterocycles. The molecule has 2 aromatic carbocycles. The van der Waals surface area contributed by atoms with Crippen LogP contribution < -0.4 is 5.32 Å². The van der Waals surface area contributed by atoms with Crippen molar-refractivity contribution >= 4 is 34.5 Å². The zero-order valence-electron chi connectivity index (χ0n) is 13.9. The van der Waals surface area contributed by atoms with Gasteiger partial charge in [-0.05, 0) is 52.8 Å². The number of carbonyl (C=O) groups excluding carboxylic acids is 1. The van der Waals surface area contributed by atoms with Crippen molar-refractivity contribution in [1.29, 1.82) is 0 Å². The summed E-state index contributed by atoms with van der Waals surface area (Å²) in [6.45, 7) is 1.85. The fraction of sp³-hybridized carbons (Fsp3) is 0.158. The summed E-state index contributed by atoms with van der Waals surface area (Å²) in [5.41, 5.74) is 2.78. The van der Waals surface area contributed by atoms with Crippen LogP contribution in [0.1, 0.15) is 18.6 Å². The lowest BCUT2D eigenvalue weighted by molar-refractivity contribution is 0.121. The fourth-order valence-corrected chi connectivity index (χ4v) is 2.86. The van der Waals surface area contributed by atoms with E-state index in [-0.39, 0.29) is 6.10 Å². The molecule has 3 rings (SSSR count). The lowest BCUT2D eigenvalue weighted by Gasteiger charge is -2.15. The van der Waals surface area contributed by atoms with Gasteiger partial charge in [-0.25, -0.2) is 4.79 Å². The number of hydrogen-bond acceptors (Lipinski definition) is 3. The molecule has 1 heterocycles.